The van der Waals surface area contributed by atoms with Crippen molar-refractivity contribution in [3.63, 3.8) is 0 Å². The van der Waals surface area contributed by atoms with Crippen LogP contribution in [0.5, 0.6) is 5.75 Å². The Morgan fingerprint density at radius 2 is 1.77 bits per heavy atom. The molecule has 0 aromatic heterocycles. The van der Waals surface area contributed by atoms with E-state index in [9.17, 15) is 14.7 Å². The van der Waals surface area contributed by atoms with Crippen LogP contribution in [0.3, 0.4) is 0 Å². The molecule has 1 amide bonds. The number of benzene rings is 2. The molecule has 2 aliphatic heterocycles. The van der Waals surface area contributed by atoms with Crippen molar-refractivity contribution in [3.8, 4) is 5.75 Å². The van der Waals surface area contributed by atoms with Crippen molar-refractivity contribution in [1.29, 1.82) is 0 Å². The molecule has 3 atom stereocenters. The van der Waals surface area contributed by atoms with Gasteiger partial charge in [-0.15, -0.1) is 0 Å². The number of rotatable bonds is 10. The monoisotopic (exact) mass is 522 g/mol. The van der Waals surface area contributed by atoms with Gasteiger partial charge in [0.2, 0.25) is 0 Å². The van der Waals surface area contributed by atoms with Crippen LogP contribution in [-0.4, -0.2) is 66.6 Å². The highest BCUT2D eigenvalue weighted by molar-refractivity contribution is 6.35. The normalized spacial score (nSPS) is 21.1. The van der Waals surface area contributed by atoms with Crippen molar-refractivity contribution in [2.45, 2.75) is 44.1 Å². The van der Waals surface area contributed by atoms with E-state index in [1.165, 1.54) is 0 Å². The van der Waals surface area contributed by atoms with E-state index >= 15 is 0 Å². The van der Waals surface area contributed by atoms with Crippen LogP contribution < -0.4 is 10.1 Å². The fraction of sp³-hybridized carbons (Fsp3) is 0.440. The van der Waals surface area contributed by atoms with Crippen LogP contribution in [0.1, 0.15) is 24.0 Å². The highest BCUT2D eigenvalue weighted by Crippen LogP contribution is 2.26. The number of hydrogen-bond donors (Lipinski definition) is 2. The number of nitrogens with one attached hydrogen (secondary N) is 1. The van der Waals surface area contributed by atoms with Crippen LogP contribution in [0.15, 0.2) is 42.5 Å². The molecule has 10 heteroatoms. The maximum atomic E-state index is 12.8. The Hall–Kier alpha value is -2.36. The molecule has 0 aliphatic carbocycles. The molecule has 2 aromatic carbocycles. The summed E-state index contributed by atoms with van der Waals surface area (Å²) < 4.78 is 16.8. The van der Waals surface area contributed by atoms with Crippen molar-refractivity contribution < 1.29 is 28.9 Å². The average Bonchev–Trinajstić information content (AvgIpc) is 3.52. The highest BCUT2D eigenvalue weighted by Gasteiger charge is 2.38. The lowest BCUT2D eigenvalue weighted by atomic mass is 10.0. The van der Waals surface area contributed by atoms with Crippen molar-refractivity contribution in [2.24, 2.45) is 0 Å². The molecule has 4 rings (SSSR count). The maximum Gasteiger partial charge on any atom is 0.326 e. The molecule has 0 bridgehead atoms. The van der Waals surface area contributed by atoms with Gasteiger partial charge >= 0.3 is 5.97 Å². The number of halogens is 2. The summed E-state index contributed by atoms with van der Waals surface area (Å²) in [6.07, 6.45) is 1.13. The molecule has 0 spiro atoms. The molecule has 2 N–H and O–H groups in total. The molecule has 2 aromatic rings. The minimum atomic E-state index is -1.12. The number of carbonyl (C=O) groups is 2. The van der Waals surface area contributed by atoms with Crippen molar-refractivity contribution >= 4 is 35.1 Å². The Morgan fingerprint density at radius 3 is 2.43 bits per heavy atom. The molecular weight excluding hydrogens is 495 g/mol. The van der Waals surface area contributed by atoms with Gasteiger partial charge in [-0.2, -0.15) is 0 Å². The van der Waals surface area contributed by atoms with E-state index in [0.717, 1.165) is 31.5 Å². The fourth-order valence-electron chi connectivity index (χ4n) is 4.24. The molecule has 2 aliphatic rings. The second kappa shape index (κ2) is 12.1. The Morgan fingerprint density at radius 1 is 1.09 bits per heavy atom. The quantitative estimate of drug-likeness (QED) is 0.492. The Kier molecular flexibility index (Phi) is 8.86. The van der Waals surface area contributed by atoms with Crippen LogP contribution in [-0.2, 0) is 32.1 Å². The Labute approximate surface area is 214 Å². The van der Waals surface area contributed by atoms with Crippen molar-refractivity contribution in [2.75, 3.05) is 26.4 Å². The largest absolute Gasteiger partial charge is 0.489 e. The molecule has 0 saturated carbocycles. The van der Waals surface area contributed by atoms with Gasteiger partial charge in [0.1, 0.15) is 31.3 Å². The number of nitrogens with zero attached hydrogens (tertiary/aromatic N) is 1. The SMILES string of the molecule is O=C(O)C(Cc1ccc(OCc2c(Cl)cccc2Cl)cc1)NC(=O)[C@@H]1OCO[C@H]1CN1CCCC1. The summed E-state index contributed by atoms with van der Waals surface area (Å²) >= 11 is 12.3. The lowest BCUT2D eigenvalue weighted by Crippen LogP contribution is -2.51. The summed E-state index contributed by atoms with van der Waals surface area (Å²) in [6, 6.07) is 11.1. The summed E-state index contributed by atoms with van der Waals surface area (Å²) in [5, 5.41) is 13.4. The van der Waals surface area contributed by atoms with Crippen LogP contribution >= 0.6 is 23.2 Å². The van der Waals surface area contributed by atoms with Crippen LogP contribution in [0.4, 0.5) is 0 Å². The van der Waals surface area contributed by atoms with E-state index in [-0.39, 0.29) is 19.8 Å². The maximum absolute atomic E-state index is 12.8. The first-order valence-corrected chi connectivity index (χ1v) is 12.3. The van der Waals surface area contributed by atoms with Crippen molar-refractivity contribution in [1.82, 2.24) is 10.2 Å². The first kappa shape index (κ1) is 25.7. The zero-order valence-electron chi connectivity index (χ0n) is 19.1. The lowest BCUT2D eigenvalue weighted by molar-refractivity contribution is -0.143. The lowest BCUT2D eigenvalue weighted by Gasteiger charge is -2.23. The molecule has 2 saturated heterocycles. The number of amides is 1. The van der Waals surface area contributed by atoms with E-state index in [4.69, 9.17) is 37.4 Å². The van der Waals surface area contributed by atoms with Gasteiger partial charge < -0.3 is 29.5 Å². The van der Waals surface area contributed by atoms with Gasteiger partial charge in [-0.1, -0.05) is 41.4 Å². The van der Waals surface area contributed by atoms with Gasteiger partial charge in [0, 0.05) is 28.6 Å². The van der Waals surface area contributed by atoms with Gasteiger partial charge in [-0.3, -0.25) is 4.79 Å². The molecule has 35 heavy (non-hydrogen) atoms. The van der Waals surface area contributed by atoms with Crippen LogP contribution in [0, 0.1) is 0 Å². The zero-order valence-corrected chi connectivity index (χ0v) is 20.6. The second-order valence-corrected chi connectivity index (χ2v) is 9.47. The number of hydrogen-bond acceptors (Lipinski definition) is 6. The minimum absolute atomic E-state index is 0.0230. The molecular formula is C25H28Cl2N2O6. The summed E-state index contributed by atoms with van der Waals surface area (Å²) in [5.74, 6) is -1.01. The van der Waals surface area contributed by atoms with E-state index < -0.39 is 30.1 Å². The predicted octanol–water partition coefficient (Wildman–Crippen LogP) is 3.52. The average molecular weight is 523 g/mol. The number of carboxylic acid groups (broad SMARTS) is 1. The summed E-state index contributed by atoms with van der Waals surface area (Å²) in [7, 11) is 0. The highest BCUT2D eigenvalue weighted by atomic mass is 35.5. The molecule has 2 heterocycles. The minimum Gasteiger partial charge on any atom is -0.489 e. The molecule has 2 fully saturated rings. The van der Waals surface area contributed by atoms with Gasteiger partial charge in [0.25, 0.3) is 5.91 Å². The van der Waals surface area contributed by atoms with Gasteiger partial charge in [-0.05, 0) is 55.8 Å². The Balaban J connectivity index is 1.32. The van der Waals surface area contributed by atoms with E-state index in [0.29, 0.717) is 27.9 Å². The van der Waals surface area contributed by atoms with E-state index in [2.05, 4.69) is 10.2 Å². The second-order valence-electron chi connectivity index (χ2n) is 8.65. The topological polar surface area (TPSA) is 97.3 Å². The molecule has 188 valence electrons. The number of carbonyl (C=O) groups excluding carboxylic acids is 1. The summed E-state index contributed by atoms with van der Waals surface area (Å²) in [4.78, 5) is 26.9. The molecule has 8 nitrogen and oxygen atoms in total. The first-order valence-electron chi connectivity index (χ1n) is 11.5. The number of likely N-dealkylation sites (tertiary alicyclic amines) is 1. The van der Waals surface area contributed by atoms with E-state index in [1.807, 2.05) is 0 Å². The van der Waals surface area contributed by atoms with Crippen LogP contribution in [0.2, 0.25) is 10.0 Å². The number of ether oxygens (including phenoxy) is 3. The van der Waals surface area contributed by atoms with Gasteiger partial charge in [0.05, 0.1) is 0 Å². The van der Waals surface area contributed by atoms with Crippen LogP contribution in [0.25, 0.3) is 0 Å². The number of aliphatic carboxylic acids is 1. The summed E-state index contributed by atoms with van der Waals surface area (Å²) in [6.45, 7) is 2.76. The van der Waals surface area contributed by atoms with Gasteiger partial charge in [0.15, 0.2) is 6.10 Å². The fourth-order valence-corrected chi connectivity index (χ4v) is 4.75. The molecule has 1 unspecified atom stereocenters. The van der Waals surface area contributed by atoms with E-state index in [1.54, 1.807) is 42.5 Å². The predicted molar refractivity (Wildman–Crippen MR) is 131 cm³/mol. The smallest absolute Gasteiger partial charge is 0.326 e. The Bertz CT molecular complexity index is 1010. The zero-order chi connectivity index (χ0) is 24.8. The first-order chi connectivity index (χ1) is 16.9. The third kappa shape index (κ3) is 6.86. The van der Waals surface area contributed by atoms with Crippen molar-refractivity contribution in [3.05, 3.63) is 63.6 Å². The number of carboxylic acids is 1. The third-order valence-corrected chi connectivity index (χ3v) is 6.89. The third-order valence-electron chi connectivity index (χ3n) is 6.19. The standard InChI is InChI=1S/C25H28Cl2N2O6/c26-19-4-3-5-20(27)18(19)14-33-17-8-6-16(7-9-17)12-21(25(31)32)28-24(30)23-22(34-15-35-23)13-29-10-1-2-11-29/h3-9,21-23H,1-2,10-15H2,(H,28,30)(H,31,32)/t21?,22-,23+/m0/s1. The summed E-state index contributed by atoms with van der Waals surface area (Å²) in [5.41, 5.74) is 1.42. The van der Waals surface area contributed by atoms with Gasteiger partial charge in [-0.25, -0.2) is 4.79 Å². The molecule has 0 radical (unpaired) electrons.